The molecule has 0 aromatic heterocycles. The minimum atomic E-state index is -0.202. The highest BCUT2D eigenvalue weighted by Crippen LogP contribution is 2.27. The van der Waals surface area contributed by atoms with Crippen molar-refractivity contribution in [2.75, 3.05) is 19.8 Å². The molecule has 0 spiro atoms. The fourth-order valence-electron chi connectivity index (χ4n) is 1.25. The van der Waals surface area contributed by atoms with Gasteiger partial charge in [-0.05, 0) is 31.0 Å². The Kier molecular flexibility index (Phi) is 7.08. The molecule has 1 aromatic carbocycles. The van der Waals surface area contributed by atoms with Crippen LogP contribution in [0, 0.1) is 0 Å². The van der Waals surface area contributed by atoms with Crippen LogP contribution in [0.3, 0.4) is 0 Å². The average molecular weight is 337 g/mol. The standard InChI is InChI=1S/C12H15BrClNO3/c13-9-3-4-11(10(14)7-9)18-8-12(17)15-5-1-2-6-16/h3-4,7,16H,1-2,5-6,8H2,(H,15,17). The largest absolute Gasteiger partial charge is 0.482 e. The molecule has 0 aliphatic heterocycles. The summed E-state index contributed by atoms with van der Waals surface area (Å²) in [6.07, 6.45) is 1.43. The number of aliphatic hydroxyl groups is 1. The number of nitrogens with one attached hydrogen (secondary N) is 1. The fraction of sp³-hybridized carbons (Fsp3) is 0.417. The van der Waals surface area contributed by atoms with E-state index in [4.69, 9.17) is 21.4 Å². The van der Waals surface area contributed by atoms with Gasteiger partial charge < -0.3 is 15.2 Å². The second-order valence-electron chi connectivity index (χ2n) is 3.64. The normalized spacial score (nSPS) is 10.2. The lowest BCUT2D eigenvalue weighted by molar-refractivity contribution is -0.123. The van der Waals surface area contributed by atoms with Gasteiger partial charge in [-0.2, -0.15) is 0 Å². The molecule has 0 fully saturated rings. The third-order valence-corrected chi connectivity index (χ3v) is 2.95. The van der Waals surface area contributed by atoms with E-state index in [1.807, 2.05) is 0 Å². The maximum absolute atomic E-state index is 11.4. The molecular formula is C12H15BrClNO3. The van der Waals surface area contributed by atoms with E-state index in [-0.39, 0.29) is 19.1 Å². The van der Waals surface area contributed by atoms with Crippen molar-refractivity contribution >= 4 is 33.4 Å². The molecule has 1 aromatic rings. The molecule has 0 bridgehead atoms. The monoisotopic (exact) mass is 335 g/mol. The molecule has 0 unspecified atom stereocenters. The van der Waals surface area contributed by atoms with E-state index < -0.39 is 0 Å². The molecule has 0 aliphatic rings. The highest BCUT2D eigenvalue weighted by Gasteiger charge is 2.05. The third kappa shape index (κ3) is 5.71. The van der Waals surface area contributed by atoms with Crippen molar-refractivity contribution in [1.29, 1.82) is 0 Å². The molecule has 0 aliphatic carbocycles. The Morgan fingerprint density at radius 2 is 2.22 bits per heavy atom. The number of amides is 1. The Labute approximate surface area is 119 Å². The maximum Gasteiger partial charge on any atom is 0.257 e. The first-order valence-corrected chi connectivity index (χ1v) is 6.76. The van der Waals surface area contributed by atoms with E-state index in [2.05, 4.69) is 21.2 Å². The summed E-state index contributed by atoms with van der Waals surface area (Å²) in [5.41, 5.74) is 0. The van der Waals surface area contributed by atoms with Gasteiger partial charge in [0.15, 0.2) is 6.61 Å². The molecule has 0 saturated heterocycles. The van der Waals surface area contributed by atoms with Crippen LogP contribution in [0.1, 0.15) is 12.8 Å². The lowest BCUT2D eigenvalue weighted by atomic mass is 10.3. The Balaban J connectivity index is 2.29. The van der Waals surface area contributed by atoms with E-state index in [0.717, 1.165) is 10.9 Å². The van der Waals surface area contributed by atoms with Crippen molar-refractivity contribution in [2.24, 2.45) is 0 Å². The Morgan fingerprint density at radius 3 is 2.89 bits per heavy atom. The van der Waals surface area contributed by atoms with Crippen LogP contribution in [0.5, 0.6) is 5.75 Å². The number of hydrogen-bond donors (Lipinski definition) is 2. The smallest absolute Gasteiger partial charge is 0.257 e. The number of rotatable bonds is 7. The second kappa shape index (κ2) is 8.34. The van der Waals surface area contributed by atoms with Crippen LogP contribution < -0.4 is 10.1 Å². The van der Waals surface area contributed by atoms with E-state index in [9.17, 15) is 4.79 Å². The Hall–Kier alpha value is -0.780. The maximum atomic E-state index is 11.4. The summed E-state index contributed by atoms with van der Waals surface area (Å²) in [6.45, 7) is 0.609. The van der Waals surface area contributed by atoms with Crippen molar-refractivity contribution < 1.29 is 14.6 Å². The van der Waals surface area contributed by atoms with Crippen molar-refractivity contribution in [3.8, 4) is 5.75 Å². The van der Waals surface area contributed by atoms with Gasteiger partial charge in [0.1, 0.15) is 5.75 Å². The van der Waals surface area contributed by atoms with Gasteiger partial charge in [-0.3, -0.25) is 4.79 Å². The first-order chi connectivity index (χ1) is 8.63. The van der Waals surface area contributed by atoms with Gasteiger partial charge in [0.05, 0.1) is 5.02 Å². The molecule has 0 radical (unpaired) electrons. The quantitative estimate of drug-likeness (QED) is 0.752. The van der Waals surface area contributed by atoms with Crippen LogP contribution >= 0.6 is 27.5 Å². The molecule has 1 rings (SSSR count). The zero-order valence-electron chi connectivity index (χ0n) is 9.79. The predicted molar refractivity (Wildman–Crippen MR) is 74.0 cm³/mol. The van der Waals surface area contributed by atoms with E-state index in [1.165, 1.54) is 0 Å². The van der Waals surface area contributed by atoms with E-state index in [1.54, 1.807) is 18.2 Å². The van der Waals surface area contributed by atoms with Crippen LogP contribution in [-0.4, -0.2) is 30.8 Å². The molecule has 4 nitrogen and oxygen atoms in total. The molecule has 100 valence electrons. The number of ether oxygens (including phenoxy) is 1. The van der Waals surface area contributed by atoms with Gasteiger partial charge in [0.25, 0.3) is 5.91 Å². The minimum absolute atomic E-state index is 0.0690. The van der Waals surface area contributed by atoms with Gasteiger partial charge in [0.2, 0.25) is 0 Å². The van der Waals surface area contributed by atoms with Gasteiger partial charge in [-0.1, -0.05) is 27.5 Å². The number of unbranched alkanes of at least 4 members (excludes halogenated alkanes) is 1. The average Bonchev–Trinajstić information content (AvgIpc) is 2.33. The van der Waals surface area contributed by atoms with E-state index >= 15 is 0 Å². The van der Waals surface area contributed by atoms with Crippen molar-refractivity contribution in [2.45, 2.75) is 12.8 Å². The number of halogens is 2. The first-order valence-electron chi connectivity index (χ1n) is 5.59. The zero-order valence-corrected chi connectivity index (χ0v) is 12.1. The zero-order chi connectivity index (χ0) is 13.4. The van der Waals surface area contributed by atoms with Crippen molar-refractivity contribution in [1.82, 2.24) is 5.32 Å². The molecule has 0 atom stereocenters. The topological polar surface area (TPSA) is 58.6 Å². The lowest BCUT2D eigenvalue weighted by Gasteiger charge is -2.08. The number of carbonyl (C=O) groups excluding carboxylic acids is 1. The first kappa shape index (κ1) is 15.3. The SMILES string of the molecule is O=C(COc1ccc(Br)cc1Cl)NCCCCO. The van der Waals surface area contributed by atoms with Crippen LogP contribution in [0.4, 0.5) is 0 Å². The summed E-state index contributed by atoms with van der Waals surface area (Å²) < 4.78 is 6.15. The fourth-order valence-corrected chi connectivity index (χ4v) is 1.98. The predicted octanol–water partition coefficient (Wildman–Crippen LogP) is 2.37. The summed E-state index contributed by atoms with van der Waals surface area (Å²) in [5.74, 6) is 0.275. The van der Waals surface area contributed by atoms with Gasteiger partial charge in [-0.15, -0.1) is 0 Å². The molecule has 0 heterocycles. The Morgan fingerprint density at radius 1 is 1.44 bits per heavy atom. The van der Waals surface area contributed by atoms with Crippen molar-refractivity contribution in [3.05, 3.63) is 27.7 Å². The summed E-state index contributed by atoms with van der Waals surface area (Å²) >= 11 is 9.23. The second-order valence-corrected chi connectivity index (χ2v) is 4.97. The molecule has 18 heavy (non-hydrogen) atoms. The highest BCUT2D eigenvalue weighted by molar-refractivity contribution is 9.10. The van der Waals surface area contributed by atoms with E-state index in [0.29, 0.717) is 23.7 Å². The molecule has 0 saturated carbocycles. The van der Waals surface area contributed by atoms with Crippen molar-refractivity contribution in [3.63, 3.8) is 0 Å². The minimum Gasteiger partial charge on any atom is -0.482 e. The van der Waals surface area contributed by atoms with Crippen LogP contribution in [-0.2, 0) is 4.79 Å². The third-order valence-electron chi connectivity index (χ3n) is 2.16. The molecule has 1 amide bonds. The van der Waals surface area contributed by atoms with Gasteiger partial charge >= 0.3 is 0 Å². The number of aliphatic hydroxyl groups excluding tert-OH is 1. The summed E-state index contributed by atoms with van der Waals surface area (Å²) in [7, 11) is 0. The number of benzene rings is 1. The van der Waals surface area contributed by atoms with Crippen LogP contribution in [0.25, 0.3) is 0 Å². The lowest BCUT2D eigenvalue weighted by Crippen LogP contribution is -2.29. The summed E-state index contributed by atoms with van der Waals surface area (Å²) in [6, 6.07) is 5.20. The van der Waals surface area contributed by atoms with Crippen LogP contribution in [0.15, 0.2) is 22.7 Å². The number of hydrogen-bond acceptors (Lipinski definition) is 3. The molecular weight excluding hydrogens is 321 g/mol. The Bertz CT molecular complexity index is 401. The van der Waals surface area contributed by atoms with Crippen LogP contribution in [0.2, 0.25) is 5.02 Å². The molecule has 6 heteroatoms. The summed E-state index contributed by atoms with van der Waals surface area (Å²) in [4.78, 5) is 11.4. The highest BCUT2D eigenvalue weighted by atomic mass is 79.9. The summed E-state index contributed by atoms with van der Waals surface area (Å²) in [5, 5.41) is 11.7. The molecule has 2 N–H and O–H groups in total. The number of carbonyl (C=O) groups is 1. The van der Waals surface area contributed by atoms with Gasteiger partial charge in [0, 0.05) is 17.6 Å². The van der Waals surface area contributed by atoms with Gasteiger partial charge in [-0.25, -0.2) is 0 Å².